The van der Waals surface area contributed by atoms with Crippen molar-refractivity contribution in [2.75, 3.05) is 38.3 Å². The van der Waals surface area contributed by atoms with Crippen LogP contribution in [-0.2, 0) is 9.47 Å². The van der Waals surface area contributed by atoms with Crippen LogP contribution in [0.3, 0.4) is 0 Å². The number of fused-ring (bicyclic) bond motifs is 1. The van der Waals surface area contributed by atoms with E-state index in [-0.39, 0.29) is 18.0 Å². The van der Waals surface area contributed by atoms with Gasteiger partial charge in [-0.3, -0.25) is 4.99 Å². The van der Waals surface area contributed by atoms with Crippen molar-refractivity contribution in [3.05, 3.63) is 48.0 Å². The molecule has 8 nitrogen and oxygen atoms in total. The van der Waals surface area contributed by atoms with Crippen LogP contribution in [0.5, 0.6) is 5.88 Å². The van der Waals surface area contributed by atoms with Gasteiger partial charge in [0.25, 0.3) is 0 Å². The maximum atomic E-state index is 11.3. The molecule has 0 amide bonds. The number of hydrogen-bond donors (Lipinski definition) is 2. The minimum absolute atomic E-state index is 0.0450. The summed E-state index contributed by atoms with van der Waals surface area (Å²) in [6.45, 7) is 5.14. The lowest BCUT2D eigenvalue weighted by atomic mass is 10.1. The Morgan fingerprint density at radius 2 is 1.94 bits per heavy atom. The van der Waals surface area contributed by atoms with Crippen LogP contribution < -0.4 is 5.32 Å². The lowest BCUT2D eigenvalue weighted by molar-refractivity contribution is 0.0688. The van der Waals surface area contributed by atoms with Crippen molar-refractivity contribution in [2.45, 2.75) is 31.8 Å². The number of aromatic hydroxyl groups is 1. The van der Waals surface area contributed by atoms with Crippen LogP contribution >= 0.6 is 0 Å². The zero-order valence-electron chi connectivity index (χ0n) is 17.6. The molecule has 2 aliphatic rings. The fraction of sp³-hybridized carbons (Fsp3) is 0.435. The molecular weight excluding hydrogens is 394 g/mol. The first-order valence-electron chi connectivity index (χ1n) is 10.8. The average Bonchev–Trinajstić information content (AvgIpc) is 3.11. The van der Waals surface area contributed by atoms with Crippen LogP contribution in [0.2, 0.25) is 0 Å². The van der Waals surface area contributed by atoms with Crippen molar-refractivity contribution in [3.63, 3.8) is 0 Å². The number of aromatic nitrogens is 3. The maximum Gasteiger partial charge on any atom is 0.201 e. The Kier molecular flexibility index (Phi) is 5.57. The van der Waals surface area contributed by atoms with E-state index >= 15 is 0 Å². The van der Waals surface area contributed by atoms with E-state index in [0.29, 0.717) is 33.0 Å². The fourth-order valence-electron chi connectivity index (χ4n) is 4.47. The first-order valence-corrected chi connectivity index (χ1v) is 10.8. The van der Waals surface area contributed by atoms with Gasteiger partial charge in [0, 0.05) is 48.3 Å². The van der Waals surface area contributed by atoms with Crippen molar-refractivity contribution in [1.82, 2.24) is 14.5 Å². The van der Waals surface area contributed by atoms with Crippen molar-refractivity contribution in [3.8, 4) is 5.88 Å². The summed E-state index contributed by atoms with van der Waals surface area (Å²) in [5.74, 6) is 0.271. The van der Waals surface area contributed by atoms with Gasteiger partial charge in [-0.1, -0.05) is 0 Å². The van der Waals surface area contributed by atoms with Gasteiger partial charge in [-0.05, 0) is 38.0 Å². The summed E-state index contributed by atoms with van der Waals surface area (Å²) in [7, 11) is 0. The van der Waals surface area contributed by atoms with Gasteiger partial charge in [0.15, 0.2) is 0 Å². The Morgan fingerprint density at radius 1 is 1.13 bits per heavy atom. The molecule has 0 spiro atoms. The van der Waals surface area contributed by atoms with Gasteiger partial charge < -0.3 is 24.5 Å². The minimum Gasteiger partial charge on any atom is -0.494 e. The normalized spacial score (nSPS) is 18.7. The van der Waals surface area contributed by atoms with E-state index in [0.717, 1.165) is 46.3 Å². The SMILES string of the molecule is CC(Nc1ccc2c(c1)c(C1=NCCOC1)c(O)n2C1CCOCC1)c1cncnc1. The third kappa shape index (κ3) is 3.88. The van der Waals surface area contributed by atoms with E-state index in [4.69, 9.17) is 9.47 Å². The summed E-state index contributed by atoms with van der Waals surface area (Å²) in [4.78, 5) is 12.9. The molecule has 5 rings (SSSR count). The topological polar surface area (TPSA) is 93.8 Å². The van der Waals surface area contributed by atoms with Crippen LogP contribution in [0.15, 0.2) is 41.9 Å². The largest absolute Gasteiger partial charge is 0.494 e. The van der Waals surface area contributed by atoms with E-state index in [9.17, 15) is 5.11 Å². The number of rotatable bonds is 5. The quantitative estimate of drug-likeness (QED) is 0.655. The number of aliphatic imine (C=N–C) groups is 1. The molecule has 1 saturated heterocycles. The number of hydrogen-bond acceptors (Lipinski definition) is 7. The Bertz CT molecular complexity index is 1090. The van der Waals surface area contributed by atoms with Gasteiger partial charge in [-0.2, -0.15) is 0 Å². The van der Waals surface area contributed by atoms with Crippen molar-refractivity contribution >= 4 is 22.3 Å². The number of anilines is 1. The Balaban J connectivity index is 1.58. The average molecular weight is 422 g/mol. The van der Waals surface area contributed by atoms with Gasteiger partial charge in [0.2, 0.25) is 5.88 Å². The summed E-state index contributed by atoms with van der Waals surface area (Å²) >= 11 is 0. The van der Waals surface area contributed by atoms with E-state index in [1.807, 2.05) is 12.4 Å². The van der Waals surface area contributed by atoms with Gasteiger partial charge in [0.1, 0.15) is 6.33 Å². The summed E-state index contributed by atoms with van der Waals surface area (Å²) < 4.78 is 13.2. The molecule has 1 aromatic carbocycles. The standard InChI is InChI=1S/C23H27N5O3/c1-15(16-11-24-14-25-12-16)27-17-2-3-21-19(10-17)22(20-13-31-9-6-26-20)23(29)28(21)18-4-7-30-8-5-18/h2-3,10-12,14-15,18,27,29H,4-9,13H2,1H3. The van der Waals surface area contributed by atoms with E-state index in [1.54, 1.807) is 0 Å². The highest BCUT2D eigenvalue weighted by Crippen LogP contribution is 2.39. The molecule has 1 fully saturated rings. The summed E-state index contributed by atoms with van der Waals surface area (Å²) in [6, 6.07) is 6.48. The van der Waals surface area contributed by atoms with E-state index in [2.05, 4.69) is 50.0 Å². The van der Waals surface area contributed by atoms with E-state index in [1.165, 1.54) is 6.33 Å². The Morgan fingerprint density at radius 3 is 2.68 bits per heavy atom. The van der Waals surface area contributed by atoms with Crippen molar-refractivity contribution in [2.24, 2.45) is 4.99 Å². The molecule has 31 heavy (non-hydrogen) atoms. The third-order valence-electron chi connectivity index (χ3n) is 6.06. The second-order valence-electron chi connectivity index (χ2n) is 8.06. The highest BCUT2D eigenvalue weighted by Gasteiger charge is 2.27. The third-order valence-corrected chi connectivity index (χ3v) is 6.06. The Labute approximate surface area is 180 Å². The first kappa shape index (κ1) is 20.0. The van der Waals surface area contributed by atoms with Crippen LogP contribution in [0.4, 0.5) is 5.69 Å². The molecule has 3 aromatic rings. The summed E-state index contributed by atoms with van der Waals surface area (Å²) in [5.41, 5.74) is 4.57. The van der Waals surface area contributed by atoms with Crippen LogP contribution in [0, 0.1) is 0 Å². The number of nitrogens with one attached hydrogen (secondary N) is 1. The predicted molar refractivity (Wildman–Crippen MR) is 119 cm³/mol. The number of nitrogens with zero attached hydrogens (tertiary/aromatic N) is 4. The highest BCUT2D eigenvalue weighted by molar-refractivity contribution is 6.14. The first-order chi connectivity index (χ1) is 15.2. The molecule has 0 aliphatic carbocycles. The van der Waals surface area contributed by atoms with Gasteiger partial charge in [0.05, 0.1) is 42.6 Å². The number of benzene rings is 1. The highest BCUT2D eigenvalue weighted by atomic mass is 16.5. The molecule has 1 atom stereocenters. The smallest absolute Gasteiger partial charge is 0.201 e. The second-order valence-corrected chi connectivity index (χ2v) is 8.06. The molecule has 2 aliphatic heterocycles. The van der Waals surface area contributed by atoms with Gasteiger partial charge in [-0.25, -0.2) is 9.97 Å². The van der Waals surface area contributed by atoms with Crippen LogP contribution in [0.25, 0.3) is 10.9 Å². The zero-order valence-corrected chi connectivity index (χ0v) is 17.6. The van der Waals surface area contributed by atoms with Gasteiger partial charge >= 0.3 is 0 Å². The summed E-state index contributed by atoms with van der Waals surface area (Å²) in [5, 5.41) is 15.8. The molecule has 0 saturated carbocycles. The van der Waals surface area contributed by atoms with Crippen LogP contribution in [0.1, 0.15) is 43.0 Å². The van der Waals surface area contributed by atoms with Crippen molar-refractivity contribution < 1.29 is 14.6 Å². The minimum atomic E-state index is 0.0450. The molecule has 0 bridgehead atoms. The fourth-order valence-corrected chi connectivity index (χ4v) is 4.47. The molecule has 162 valence electrons. The van der Waals surface area contributed by atoms with Crippen LogP contribution in [-0.4, -0.2) is 58.3 Å². The molecular formula is C23H27N5O3. The Hall–Kier alpha value is -2.97. The number of ether oxygens (including phenoxy) is 2. The zero-order chi connectivity index (χ0) is 21.2. The maximum absolute atomic E-state index is 11.3. The predicted octanol–water partition coefficient (Wildman–Crippen LogP) is 3.48. The monoisotopic (exact) mass is 421 g/mol. The lowest BCUT2D eigenvalue weighted by Crippen LogP contribution is -2.20. The molecule has 1 unspecified atom stereocenters. The second kappa shape index (κ2) is 8.64. The molecule has 2 N–H and O–H groups in total. The van der Waals surface area contributed by atoms with Gasteiger partial charge in [-0.15, -0.1) is 0 Å². The summed E-state index contributed by atoms with van der Waals surface area (Å²) in [6.07, 6.45) is 6.92. The lowest BCUT2D eigenvalue weighted by Gasteiger charge is -2.25. The van der Waals surface area contributed by atoms with Crippen molar-refractivity contribution in [1.29, 1.82) is 0 Å². The molecule has 4 heterocycles. The molecule has 0 radical (unpaired) electrons. The molecule has 8 heteroatoms. The molecule has 2 aromatic heterocycles. The van der Waals surface area contributed by atoms with E-state index < -0.39 is 0 Å².